The first-order chi connectivity index (χ1) is 12.6. The van der Waals surface area contributed by atoms with E-state index in [0.717, 1.165) is 49.8 Å². The second kappa shape index (κ2) is 6.76. The van der Waals surface area contributed by atoms with E-state index in [0.29, 0.717) is 0 Å². The Labute approximate surface area is 151 Å². The Morgan fingerprint density at radius 3 is 2.62 bits per heavy atom. The van der Waals surface area contributed by atoms with Crippen molar-refractivity contribution in [2.24, 2.45) is 0 Å². The predicted octanol–water partition coefficient (Wildman–Crippen LogP) is 2.87. The van der Waals surface area contributed by atoms with Crippen molar-refractivity contribution in [2.75, 3.05) is 31.1 Å². The predicted molar refractivity (Wildman–Crippen MR) is 101 cm³/mol. The van der Waals surface area contributed by atoms with Gasteiger partial charge < -0.3 is 9.30 Å². The molecule has 4 rings (SSSR count). The number of imidazole rings is 1. The highest BCUT2D eigenvalue weighted by Gasteiger charge is 2.19. The van der Waals surface area contributed by atoms with Crippen LogP contribution >= 0.6 is 0 Å². The van der Waals surface area contributed by atoms with Gasteiger partial charge in [-0.15, -0.1) is 0 Å². The fraction of sp³-hybridized carbons (Fsp3) is 0.316. The summed E-state index contributed by atoms with van der Waals surface area (Å²) in [6.07, 6.45) is 2.11. The normalized spacial score (nSPS) is 15.5. The van der Waals surface area contributed by atoms with Gasteiger partial charge in [0, 0.05) is 62.4 Å². The molecule has 1 aliphatic heterocycles. The third-order valence-corrected chi connectivity index (χ3v) is 4.91. The Bertz CT molecular complexity index is 944. The fourth-order valence-electron chi connectivity index (χ4n) is 3.47. The van der Waals surface area contributed by atoms with Crippen molar-refractivity contribution >= 4 is 17.0 Å². The van der Waals surface area contributed by atoms with E-state index in [4.69, 9.17) is 4.98 Å². The van der Waals surface area contributed by atoms with Crippen LogP contribution in [0, 0.1) is 17.0 Å². The van der Waals surface area contributed by atoms with Gasteiger partial charge in [0.25, 0.3) is 5.69 Å². The lowest BCUT2D eigenvalue weighted by molar-refractivity contribution is -0.384. The number of nitrogens with zero attached hydrogens (tertiary/aromatic N) is 5. The number of anilines is 1. The van der Waals surface area contributed by atoms with Gasteiger partial charge in [0.15, 0.2) is 0 Å². The molecular weight excluding hydrogens is 330 g/mol. The lowest BCUT2D eigenvalue weighted by Crippen LogP contribution is -2.46. The number of benzene rings is 1. The molecule has 1 saturated heterocycles. The summed E-state index contributed by atoms with van der Waals surface area (Å²) < 4.78 is 2.12. The first-order valence-electron chi connectivity index (χ1n) is 8.75. The molecule has 1 fully saturated rings. The average Bonchev–Trinajstić information content (AvgIpc) is 3.06. The molecule has 0 saturated carbocycles. The largest absolute Gasteiger partial charge is 0.369 e. The van der Waals surface area contributed by atoms with Crippen molar-refractivity contribution in [3.05, 3.63) is 70.2 Å². The molecule has 0 aliphatic carbocycles. The van der Waals surface area contributed by atoms with Crippen LogP contribution < -0.4 is 4.90 Å². The quantitative estimate of drug-likeness (QED) is 0.534. The average molecular weight is 351 g/mol. The first kappa shape index (κ1) is 16.5. The number of piperazine rings is 1. The molecular formula is C19H21N5O2. The smallest absolute Gasteiger partial charge is 0.271 e. The number of fused-ring (bicyclic) bond motifs is 1. The highest BCUT2D eigenvalue weighted by Crippen LogP contribution is 2.22. The molecule has 2 aromatic heterocycles. The van der Waals surface area contributed by atoms with Crippen molar-refractivity contribution < 1.29 is 4.92 Å². The summed E-state index contributed by atoms with van der Waals surface area (Å²) >= 11 is 0. The molecule has 0 unspecified atom stereocenters. The lowest BCUT2D eigenvalue weighted by atomic mass is 10.2. The maximum absolute atomic E-state index is 11.0. The number of pyridine rings is 1. The van der Waals surface area contributed by atoms with Gasteiger partial charge in [-0.1, -0.05) is 12.1 Å². The molecule has 0 radical (unpaired) electrons. The summed E-state index contributed by atoms with van der Waals surface area (Å²) in [7, 11) is 0. The molecule has 7 nitrogen and oxygen atoms in total. The highest BCUT2D eigenvalue weighted by molar-refractivity contribution is 5.53. The minimum Gasteiger partial charge on any atom is -0.369 e. The number of hydrogen-bond donors (Lipinski definition) is 0. The molecule has 3 heterocycles. The zero-order chi connectivity index (χ0) is 18.1. The third kappa shape index (κ3) is 3.25. The number of rotatable bonds is 4. The lowest BCUT2D eigenvalue weighted by Gasteiger charge is -2.35. The summed E-state index contributed by atoms with van der Waals surface area (Å²) in [5.74, 6) is 0. The van der Waals surface area contributed by atoms with E-state index in [-0.39, 0.29) is 10.6 Å². The van der Waals surface area contributed by atoms with Crippen molar-refractivity contribution in [1.29, 1.82) is 0 Å². The highest BCUT2D eigenvalue weighted by atomic mass is 16.6. The Balaban J connectivity index is 1.41. The number of nitro groups is 1. The minimum atomic E-state index is -0.342. The van der Waals surface area contributed by atoms with Crippen LogP contribution in [0.4, 0.5) is 11.4 Å². The Morgan fingerprint density at radius 2 is 1.88 bits per heavy atom. The minimum absolute atomic E-state index is 0.144. The maximum Gasteiger partial charge on any atom is 0.271 e. The summed E-state index contributed by atoms with van der Waals surface area (Å²) in [6.45, 7) is 6.44. The summed E-state index contributed by atoms with van der Waals surface area (Å²) in [6, 6.07) is 13.0. The number of non-ortho nitro benzene ring substituents is 1. The van der Waals surface area contributed by atoms with E-state index in [1.807, 2.05) is 18.2 Å². The van der Waals surface area contributed by atoms with E-state index in [1.165, 1.54) is 11.8 Å². The molecule has 0 atom stereocenters. The fourth-order valence-corrected chi connectivity index (χ4v) is 3.47. The second-order valence-electron chi connectivity index (χ2n) is 6.67. The van der Waals surface area contributed by atoms with Crippen molar-refractivity contribution in [2.45, 2.75) is 13.5 Å². The molecule has 1 aliphatic rings. The molecule has 134 valence electrons. The van der Waals surface area contributed by atoms with Crippen LogP contribution in [0.15, 0.2) is 48.7 Å². The molecule has 0 spiro atoms. The van der Waals surface area contributed by atoms with E-state index < -0.39 is 0 Å². The van der Waals surface area contributed by atoms with E-state index in [1.54, 1.807) is 12.1 Å². The van der Waals surface area contributed by atoms with Gasteiger partial charge in [-0.05, 0) is 25.1 Å². The van der Waals surface area contributed by atoms with Crippen LogP contribution in [0.1, 0.15) is 11.4 Å². The monoisotopic (exact) mass is 351 g/mol. The molecule has 26 heavy (non-hydrogen) atoms. The third-order valence-electron chi connectivity index (χ3n) is 4.91. The second-order valence-corrected chi connectivity index (χ2v) is 6.67. The Kier molecular flexibility index (Phi) is 4.30. The van der Waals surface area contributed by atoms with Gasteiger partial charge in [-0.3, -0.25) is 15.0 Å². The van der Waals surface area contributed by atoms with Gasteiger partial charge in [-0.25, -0.2) is 4.98 Å². The zero-order valence-corrected chi connectivity index (χ0v) is 14.7. The van der Waals surface area contributed by atoms with Gasteiger partial charge in [0.1, 0.15) is 5.65 Å². The Morgan fingerprint density at radius 1 is 1.12 bits per heavy atom. The molecule has 0 amide bonds. The van der Waals surface area contributed by atoms with E-state index >= 15 is 0 Å². The standard InChI is InChI=1S/C19H21N5O2/c1-15-4-2-7-19-20-16(14-23(15)19)13-21-8-10-22(11-9-21)17-5-3-6-18(12-17)24(25)26/h2-7,12,14H,8-11,13H2,1H3. The summed E-state index contributed by atoms with van der Waals surface area (Å²) in [5, 5.41) is 11.0. The van der Waals surface area contributed by atoms with Crippen LogP contribution in [0.3, 0.4) is 0 Å². The SMILES string of the molecule is Cc1cccc2nc(CN3CCN(c4cccc([N+](=O)[O-])c4)CC3)cn12. The number of aryl methyl sites for hydroxylation is 1. The van der Waals surface area contributed by atoms with E-state index in [9.17, 15) is 10.1 Å². The first-order valence-corrected chi connectivity index (χ1v) is 8.75. The molecule has 7 heteroatoms. The maximum atomic E-state index is 11.0. The molecule has 3 aromatic rings. The van der Waals surface area contributed by atoms with Crippen LogP contribution in [-0.4, -0.2) is 45.4 Å². The summed E-state index contributed by atoms with van der Waals surface area (Å²) in [5.41, 5.74) is 4.29. The van der Waals surface area contributed by atoms with Crippen LogP contribution in [0.25, 0.3) is 5.65 Å². The molecule has 0 N–H and O–H groups in total. The van der Waals surface area contributed by atoms with Crippen LogP contribution in [0.5, 0.6) is 0 Å². The van der Waals surface area contributed by atoms with Crippen LogP contribution in [0.2, 0.25) is 0 Å². The summed E-state index contributed by atoms with van der Waals surface area (Å²) in [4.78, 5) is 19.9. The topological polar surface area (TPSA) is 66.9 Å². The van der Waals surface area contributed by atoms with Crippen molar-refractivity contribution in [3.8, 4) is 0 Å². The molecule has 0 bridgehead atoms. The van der Waals surface area contributed by atoms with Crippen molar-refractivity contribution in [3.63, 3.8) is 0 Å². The number of nitro benzene ring substituents is 1. The van der Waals surface area contributed by atoms with Gasteiger partial charge in [0.05, 0.1) is 10.6 Å². The van der Waals surface area contributed by atoms with Gasteiger partial charge in [0.2, 0.25) is 0 Å². The van der Waals surface area contributed by atoms with Gasteiger partial charge in [-0.2, -0.15) is 0 Å². The number of hydrogen-bond acceptors (Lipinski definition) is 5. The van der Waals surface area contributed by atoms with Gasteiger partial charge >= 0.3 is 0 Å². The van der Waals surface area contributed by atoms with Crippen LogP contribution in [-0.2, 0) is 6.54 Å². The van der Waals surface area contributed by atoms with Crippen molar-refractivity contribution in [1.82, 2.24) is 14.3 Å². The Hall–Kier alpha value is -2.93. The number of aromatic nitrogens is 2. The van der Waals surface area contributed by atoms with E-state index in [2.05, 4.69) is 33.4 Å². The molecule has 1 aromatic carbocycles. The zero-order valence-electron chi connectivity index (χ0n) is 14.7.